The second-order valence-corrected chi connectivity index (χ2v) is 7.10. The molecular formula is C22H35IN4O3. The Bertz CT molecular complexity index is 706. The molecule has 7 nitrogen and oxygen atoms in total. The number of hydrogen-bond donors (Lipinski definition) is 2. The Morgan fingerprint density at radius 1 is 1.17 bits per heavy atom. The number of furan rings is 1. The third-order valence-corrected chi connectivity index (χ3v) is 4.16. The number of nitrogens with one attached hydrogen (secondary N) is 2. The first-order chi connectivity index (χ1) is 14.1. The van der Waals surface area contributed by atoms with E-state index in [1.807, 2.05) is 50.2 Å². The van der Waals surface area contributed by atoms with Gasteiger partial charge in [-0.2, -0.15) is 0 Å². The van der Waals surface area contributed by atoms with Crippen LogP contribution in [0.2, 0.25) is 0 Å². The Kier molecular flexibility index (Phi) is 13.2. The number of anilines is 1. The first-order valence-electron chi connectivity index (χ1n) is 10.1. The van der Waals surface area contributed by atoms with Crippen molar-refractivity contribution in [1.82, 2.24) is 10.2 Å². The maximum absolute atomic E-state index is 5.70. The van der Waals surface area contributed by atoms with Gasteiger partial charge in [-0.1, -0.05) is 0 Å². The minimum atomic E-state index is 0. The number of likely N-dealkylation sites (N-methyl/N-ethyl adjacent to an activating group) is 1. The quantitative estimate of drug-likeness (QED) is 0.247. The number of benzene rings is 1. The van der Waals surface area contributed by atoms with Crippen LogP contribution < -0.4 is 15.4 Å². The van der Waals surface area contributed by atoms with E-state index in [-0.39, 0.29) is 30.1 Å². The summed E-state index contributed by atoms with van der Waals surface area (Å²) >= 11 is 0. The number of rotatable bonds is 12. The van der Waals surface area contributed by atoms with Crippen LogP contribution >= 0.6 is 24.0 Å². The average Bonchev–Trinajstić information content (AvgIpc) is 3.21. The molecule has 0 aliphatic heterocycles. The van der Waals surface area contributed by atoms with Gasteiger partial charge in [0.1, 0.15) is 11.5 Å². The average molecular weight is 530 g/mol. The van der Waals surface area contributed by atoms with Crippen LogP contribution in [0.1, 0.15) is 19.6 Å². The van der Waals surface area contributed by atoms with E-state index in [1.54, 1.807) is 13.4 Å². The highest BCUT2D eigenvalue weighted by atomic mass is 127. The van der Waals surface area contributed by atoms with E-state index in [0.29, 0.717) is 6.54 Å². The number of halogens is 1. The van der Waals surface area contributed by atoms with E-state index in [2.05, 4.69) is 22.6 Å². The van der Waals surface area contributed by atoms with Gasteiger partial charge in [0, 0.05) is 38.9 Å². The van der Waals surface area contributed by atoms with Crippen LogP contribution in [-0.4, -0.2) is 63.9 Å². The maximum atomic E-state index is 5.70. The molecule has 1 aromatic carbocycles. The molecule has 0 saturated carbocycles. The predicted octanol–water partition coefficient (Wildman–Crippen LogP) is 3.86. The van der Waals surface area contributed by atoms with Gasteiger partial charge < -0.3 is 29.4 Å². The highest BCUT2D eigenvalue weighted by Crippen LogP contribution is 2.16. The molecular weight excluding hydrogens is 495 g/mol. The largest absolute Gasteiger partial charge is 0.491 e. The van der Waals surface area contributed by atoms with Gasteiger partial charge in [-0.15, -0.1) is 24.0 Å². The predicted molar refractivity (Wildman–Crippen MR) is 133 cm³/mol. The van der Waals surface area contributed by atoms with Crippen LogP contribution in [0, 0.1) is 0 Å². The zero-order valence-electron chi connectivity index (χ0n) is 18.4. The molecule has 1 aromatic heterocycles. The van der Waals surface area contributed by atoms with E-state index < -0.39 is 0 Å². The van der Waals surface area contributed by atoms with Crippen molar-refractivity contribution in [2.24, 2.45) is 4.99 Å². The summed E-state index contributed by atoms with van der Waals surface area (Å²) in [4.78, 5) is 6.91. The second kappa shape index (κ2) is 15.1. The van der Waals surface area contributed by atoms with Crippen LogP contribution in [0.15, 0.2) is 52.1 Å². The molecule has 8 heteroatoms. The van der Waals surface area contributed by atoms with Crippen LogP contribution in [-0.2, 0) is 11.2 Å². The normalized spacial score (nSPS) is 11.5. The molecule has 2 aromatic rings. The molecule has 1 heterocycles. The van der Waals surface area contributed by atoms with Gasteiger partial charge in [0.05, 0.1) is 25.5 Å². The SMILES string of the molecule is COCCN(C)CCN=C(NCCc1ccco1)Nc1ccc(OC(C)C)cc1.I. The number of methoxy groups -OCH3 is 1. The van der Waals surface area contributed by atoms with Crippen molar-refractivity contribution in [3.63, 3.8) is 0 Å². The van der Waals surface area contributed by atoms with Gasteiger partial charge in [-0.3, -0.25) is 4.99 Å². The second-order valence-electron chi connectivity index (χ2n) is 7.10. The van der Waals surface area contributed by atoms with Gasteiger partial charge in [0.15, 0.2) is 5.96 Å². The van der Waals surface area contributed by atoms with Crippen molar-refractivity contribution in [2.75, 3.05) is 52.3 Å². The molecule has 30 heavy (non-hydrogen) atoms. The fourth-order valence-corrected chi connectivity index (χ4v) is 2.62. The lowest BCUT2D eigenvalue weighted by atomic mass is 10.3. The molecule has 2 N–H and O–H groups in total. The Morgan fingerprint density at radius 2 is 1.93 bits per heavy atom. The summed E-state index contributed by atoms with van der Waals surface area (Å²) in [7, 11) is 3.79. The van der Waals surface area contributed by atoms with Crippen molar-refractivity contribution in [3.8, 4) is 5.75 Å². The number of aliphatic imine (C=N–C) groups is 1. The molecule has 0 bridgehead atoms. The highest BCUT2D eigenvalue weighted by Gasteiger charge is 2.04. The van der Waals surface area contributed by atoms with Crippen LogP contribution in [0.25, 0.3) is 0 Å². The molecule has 0 atom stereocenters. The number of hydrogen-bond acceptors (Lipinski definition) is 5. The third-order valence-electron chi connectivity index (χ3n) is 4.16. The summed E-state index contributed by atoms with van der Waals surface area (Å²) in [5.74, 6) is 2.55. The molecule has 168 valence electrons. The Morgan fingerprint density at radius 3 is 2.57 bits per heavy atom. The topological polar surface area (TPSA) is 71.3 Å². The zero-order valence-corrected chi connectivity index (χ0v) is 20.7. The molecule has 0 spiro atoms. The van der Waals surface area contributed by atoms with Gasteiger partial charge in [0.25, 0.3) is 0 Å². The van der Waals surface area contributed by atoms with Crippen LogP contribution in [0.4, 0.5) is 5.69 Å². The lowest BCUT2D eigenvalue weighted by molar-refractivity contribution is 0.163. The van der Waals surface area contributed by atoms with Crippen molar-refractivity contribution >= 4 is 35.6 Å². The molecule has 0 amide bonds. The molecule has 0 aliphatic carbocycles. The smallest absolute Gasteiger partial charge is 0.195 e. The minimum absolute atomic E-state index is 0. The van der Waals surface area contributed by atoms with Crippen molar-refractivity contribution in [2.45, 2.75) is 26.4 Å². The number of nitrogens with zero attached hydrogens (tertiary/aromatic N) is 2. The molecule has 2 rings (SSSR count). The van der Waals surface area contributed by atoms with E-state index in [4.69, 9.17) is 18.9 Å². The van der Waals surface area contributed by atoms with Crippen LogP contribution in [0.3, 0.4) is 0 Å². The Hall–Kier alpha value is -1.78. The monoisotopic (exact) mass is 530 g/mol. The number of guanidine groups is 1. The summed E-state index contributed by atoms with van der Waals surface area (Å²) < 4.78 is 16.2. The molecule has 0 saturated heterocycles. The molecule has 0 unspecified atom stereocenters. The summed E-state index contributed by atoms with van der Waals surface area (Å²) in [5.41, 5.74) is 0.957. The van der Waals surface area contributed by atoms with E-state index in [1.165, 1.54) is 0 Å². The molecule has 0 aliphatic rings. The summed E-state index contributed by atoms with van der Waals surface area (Å²) in [6, 6.07) is 11.8. The fraction of sp³-hybridized carbons (Fsp3) is 0.500. The first kappa shape index (κ1) is 26.3. The number of ether oxygens (including phenoxy) is 2. The lowest BCUT2D eigenvalue weighted by Gasteiger charge is -2.16. The van der Waals surface area contributed by atoms with E-state index in [9.17, 15) is 0 Å². The van der Waals surface area contributed by atoms with Gasteiger partial charge in [-0.25, -0.2) is 0 Å². The summed E-state index contributed by atoms with van der Waals surface area (Å²) in [5, 5.41) is 6.74. The van der Waals surface area contributed by atoms with Gasteiger partial charge in [0.2, 0.25) is 0 Å². The fourth-order valence-electron chi connectivity index (χ4n) is 2.62. The highest BCUT2D eigenvalue weighted by molar-refractivity contribution is 14.0. The summed E-state index contributed by atoms with van der Waals surface area (Å²) in [6.45, 7) is 7.91. The van der Waals surface area contributed by atoms with Crippen molar-refractivity contribution in [3.05, 3.63) is 48.4 Å². The van der Waals surface area contributed by atoms with Gasteiger partial charge in [-0.05, 0) is 57.3 Å². The van der Waals surface area contributed by atoms with E-state index in [0.717, 1.165) is 55.8 Å². The molecule has 0 radical (unpaired) electrons. The molecule has 0 fully saturated rings. The van der Waals surface area contributed by atoms with Crippen molar-refractivity contribution in [1.29, 1.82) is 0 Å². The van der Waals surface area contributed by atoms with Gasteiger partial charge >= 0.3 is 0 Å². The van der Waals surface area contributed by atoms with E-state index >= 15 is 0 Å². The van der Waals surface area contributed by atoms with Crippen molar-refractivity contribution < 1.29 is 13.9 Å². The maximum Gasteiger partial charge on any atom is 0.195 e. The minimum Gasteiger partial charge on any atom is -0.491 e. The Balaban J connectivity index is 0.00000450. The summed E-state index contributed by atoms with van der Waals surface area (Å²) in [6.07, 6.45) is 2.64. The zero-order chi connectivity index (χ0) is 20.9. The third kappa shape index (κ3) is 10.8. The Labute approximate surface area is 197 Å². The lowest BCUT2D eigenvalue weighted by Crippen LogP contribution is -2.33. The van der Waals surface area contributed by atoms with Crippen LogP contribution in [0.5, 0.6) is 5.75 Å². The standard InChI is InChI=1S/C22H34N4O3.HI/c1-18(2)29-21-9-7-19(8-10-21)25-22(23-12-11-20-6-5-16-28-20)24-13-14-26(3)15-17-27-4;/h5-10,16,18H,11-15,17H2,1-4H3,(H2,23,24,25);1H. The first-order valence-corrected chi connectivity index (χ1v) is 10.1.